The normalized spacial score (nSPS) is 10.7. The van der Waals surface area contributed by atoms with E-state index in [9.17, 15) is 14.4 Å². The van der Waals surface area contributed by atoms with E-state index in [0.717, 1.165) is 11.3 Å². The molecule has 1 amide bonds. The molecule has 0 aliphatic rings. The van der Waals surface area contributed by atoms with Gasteiger partial charge in [0.1, 0.15) is 5.69 Å². The van der Waals surface area contributed by atoms with Crippen molar-refractivity contribution in [2.45, 2.75) is 40.3 Å². The van der Waals surface area contributed by atoms with Crippen LogP contribution in [0, 0.1) is 13.8 Å². The highest BCUT2D eigenvalue weighted by Gasteiger charge is 2.25. The number of nitrogens with one attached hydrogen (secondary N) is 1. The van der Waals surface area contributed by atoms with Crippen LogP contribution in [0.2, 0.25) is 0 Å². The molecule has 0 saturated heterocycles. The van der Waals surface area contributed by atoms with Crippen LogP contribution in [0.25, 0.3) is 0 Å². The monoisotopic (exact) mass is 429 g/mol. The van der Waals surface area contributed by atoms with Gasteiger partial charge in [0.25, 0.3) is 5.91 Å². The van der Waals surface area contributed by atoms with Crippen LogP contribution in [0.5, 0.6) is 0 Å². The van der Waals surface area contributed by atoms with Gasteiger partial charge in [0, 0.05) is 39.1 Å². The van der Waals surface area contributed by atoms with E-state index in [-0.39, 0.29) is 17.7 Å². The van der Waals surface area contributed by atoms with Gasteiger partial charge in [-0.05, 0) is 51.0 Å². The number of hydrogen-bond donors (Lipinski definition) is 1. The number of H-pyrrole nitrogens is 1. The van der Waals surface area contributed by atoms with E-state index in [2.05, 4.69) is 4.98 Å². The largest absolute Gasteiger partial charge is 0.459 e. The lowest BCUT2D eigenvalue weighted by Gasteiger charge is -2.18. The molecule has 8 heteroatoms. The van der Waals surface area contributed by atoms with Gasteiger partial charge < -0.3 is 24.3 Å². The zero-order valence-corrected chi connectivity index (χ0v) is 19.2. The number of likely N-dealkylation sites (N-methyl/N-ethyl adjacent to an activating group) is 1. The van der Waals surface area contributed by atoms with Crippen molar-refractivity contribution in [2.24, 2.45) is 0 Å². The Morgan fingerprint density at radius 2 is 1.61 bits per heavy atom. The van der Waals surface area contributed by atoms with Crippen molar-refractivity contribution in [3.8, 4) is 0 Å². The lowest BCUT2D eigenvalue weighted by Crippen LogP contribution is -2.31. The maximum Gasteiger partial charge on any atom is 0.355 e. The van der Waals surface area contributed by atoms with E-state index in [4.69, 9.17) is 9.47 Å². The van der Waals surface area contributed by atoms with Gasteiger partial charge in [-0.2, -0.15) is 0 Å². The van der Waals surface area contributed by atoms with E-state index in [1.807, 2.05) is 43.3 Å². The summed E-state index contributed by atoms with van der Waals surface area (Å²) >= 11 is 0. The van der Waals surface area contributed by atoms with Crippen molar-refractivity contribution >= 4 is 23.5 Å². The van der Waals surface area contributed by atoms with Crippen LogP contribution in [0.15, 0.2) is 24.3 Å². The van der Waals surface area contributed by atoms with Gasteiger partial charge >= 0.3 is 11.9 Å². The summed E-state index contributed by atoms with van der Waals surface area (Å²) in [5, 5.41) is 0. The number of nitrogens with zero attached hydrogens (tertiary/aromatic N) is 2. The highest BCUT2D eigenvalue weighted by atomic mass is 16.5. The van der Waals surface area contributed by atoms with Gasteiger partial charge in [-0.3, -0.25) is 4.79 Å². The van der Waals surface area contributed by atoms with E-state index in [1.54, 1.807) is 34.7 Å². The van der Waals surface area contributed by atoms with Gasteiger partial charge in [0.15, 0.2) is 6.61 Å². The van der Waals surface area contributed by atoms with Gasteiger partial charge in [0.2, 0.25) is 0 Å². The van der Waals surface area contributed by atoms with Crippen LogP contribution in [-0.2, 0) is 20.8 Å². The lowest BCUT2D eigenvalue weighted by atomic mass is 10.1. The Bertz CT molecular complexity index is 945. The summed E-state index contributed by atoms with van der Waals surface area (Å²) in [4.78, 5) is 43.5. The average molecular weight is 430 g/mol. The van der Waals surface area contributed by atoms with E-state index >= 15 is 0 Å². The van der Waals surface area contributed by atoms with Gasteiger partial charge in [-0.1, -0.05) is 12.1 Å². The molecule has 1 heterocycles. The molecule has 0 saturated carbocycles. The summed E-state index contributed by atoms with van der Waals surface area (Å²) in [6, 6.07) is 7.86. The first-order valence-electron chi connectivity index (χ1n) is 10.1. The molecule has 2 rings (SSSR count). The first-order valence-corrected chi connectivity index (χ1v) is 10.1. The average Bonchev–Trinajstić information content (AvgIpc) is 2.99. The van der Waals surface area contributed by atoms with Crippen LogP contribution >= 0.6 is 0 Å². The molecule has 8 nitrogen and oxygen atoms in total. The lowest BCUT2D eigenvalue weighted by molar-refractivity contribution is -0.133. The van der Waals surface area contributed by atoms with Gasteiger partial charge in [-0.15, -0.1) is 0 Å². The second kappa shape index (κ2) is 10.1. The molecule has 0 aliphatic carbocycles. The molecular weight excluding hydrogens is 398 g/mol. The number of ether oxygens (including phenoxy) is 2. The maximum absolute atomic E-state index is 12.5. The number of aromatic amines is 1. The zero-order valence-electron chi connectivity index (χ0n) is 19.2. The fourth-order valence-corrected chi connectivity index (χ4v) is 3.10. The van der Waals surface area contributed by atoms with E-state index in [1.165, 1.54) is 4.90 Å². The third-order valence-corrected chi connectivity index (χ3v) is 4.81. The Kier molecular flexibility index (Phi) is 7.85. The maximum atomic E-state index is 12.5. The third-order valence-electron chi connectivity index (χ3n) is 4.81. The Morgan fingerprint density at radius 3 is 2.16 bits per heavy atom. The predicted octanol–water partition coefficient (Wildman–Crippen LogP) is 3.08. The predicted molar refractivity (Wildman–Crippen MR) is 118 cm³/mol. The molecule has 0 aliphatic heterocycles. The summed E-state index contributed by atoms with van der Waals surface area (Å²) in [7, 11) is 5.57. The van der Waals surface area contributed by atoms with Crippen molar-refractivity contribution in [2.75, 3.05) is 32.6 Å². The van der Waals surface area contributed by atoms with Crippen LogP contribution in [0.1, 0.15) is 51.5 Å². The number of hydrogen-bond acceptors (Lipinski definition) is 6. The minimum atomic E-state index is -0.693. The molecule has 31 heavy (non-hydrogen) atoms. The molecule has 2 aromatic rings. The highest BCUT2D eigenvalue weighted by molar-refractivity contribution is 5.99. The molecule has 0 atom stereocenters. The Labute approximate surface area is 183 Å². The Balaban J connectivity index is 1.97. The summed E-state index contributed by atoms with van der Waals surface area (Å²) in [6.07, 6.45) is -0.274. The summed E-state index contributed by atoms with van der Waals surface area (Å²) in [5.74, 6) is -1.52. The standard InChI is InChI=1S/C23H31N3O5/c1-14(2)31-22(28)20-15(3)21(24-16(20)4)23(29)30-13-19(27)26(7)12-17-8-10-18(11-9-17)25(5)6/h8-11,14,24H,12-13H2,1-7H3. The number of anilines is 1. The van der Waals surface area contributed by atoms with Crippen molar-refractivity contribution in [3.63, 3.8) is 0 Å². The van der Waals surface area contributed by atoms with Crippen molar-refractivity contribution < 1.29 is 23.9 Å². The molecule has 0 bridgehead atoms. The molecule has 0 unspecified atom stereocenters. The molecule has 0 radical (unpaired) electrons. The molecule has 1 aromatic heterocycles. The first-order chi connectivity index (χ1) is 14.5. The third kappa shape index (κ3) is 6.10. The molecule has 0 fully saturated rings. The van der Waals surface area contributed by atoms with Gasteiger partial charge in [-0.25, -0.2) is 9.59 Å². The summed E-state index contributed by atoms with van der Waals surface area (Å²) in [6.45, 7) is 6.83. The zero-order chi connectivity index (χ0) is 23.3. The molecule has 1 aromatic carbocycles. The van der Waals surface area contributed by atoms with Crippen molar-refractivity contribution in [1.82, 2.24) is 9.88 Å². The summed E-state index contributed by atoms with van der Waals surface area (Å²) in [5.41, 5.74) is 3.44. The fraction of sp³-hybridized carbons (Fsp3) is 0.435. The minimum absolute atomic E-state index is 0.142. The van der Waals surface area contributed by atoms with Crippen LogP contribution in [-0.4, -0.2) is 61.6 Å². The number of carbonyl (C=O) groups is 3. The summed E-state index contributed by atoms with van der Waals surface area (Å²) < 4.78 is 10.4. The SMILES string of the molecule is Cc1[nH]c(C(=O)OCC(=O)N(C)Cc2ccc(N(C)C)cc2)c(C)c1C(=O)OC(C)C. The number of rotatable bonds is 8. The molecule has 1 N–H and O–H groups in total. The second-order valence-corrected chi connectivity index (χ2v) is 7.97. The fourth-order valence-electron chi connectivity index (χ4n) is 3.10. The number of aromatic nitrogens is 1. The number of benzene rings is 1. The Hall–Kier alpha value is -3.29. The van der Waals surface area contributed by atoms with E-state index in [0.29, 0.717) is 23.4 Å². The first kappa shape index (κ1) is 24.0. The van der Waals surface area contributed by atoms with E-state index < -0.39 is 18.5 Å². The Morgan fingerprint density at radius 1 is 1.00 bits per heavy atom. The quantitative estimate of drug-likeness (QED) is 0.649. The molecular formula is C23H31N3O5. The van der Waals surface area contributed by atoms with Crippen LogP contribution in [0.4, 0.5) is 5.69 Å². The van der Waals surface area contributed by atoms with Crippen molar-refractivity contribution in [1.29, 1.82) is 0 Å². The number of carbonyl (C=O) groups excluding carboxylic acids is 3. The number of esters is 2. The highest BCUT2D eigenvalue weighted by Crippen LogP contribution is 2.20. The smallest absolute Gasteiger partial charge is 0.355 e. The number of aryl methyl sites for hydroxylation is 1. The minimum Gasteiger partial charge on any atom is -0.459 e. The van der Waals surface area contributed by atoms with Crippen molar-refractivity contribution in [3.05, 3.63) is 52.3 Å². The number of amides is 1. The molecule has 0 spiro atoms. The van der Waals surface area contributed by atoms with Crippen LogP contribution in [0.3, 0.4) is 0 Å². The van der Waals surface area contributed by atoms with Gasteiger partial charge in [0.05, 0.1) is 11.7 Å². The molecule has 168 valence electrons. The van der Waals surface area contributed by atoms with Crippen LogP contribution < -0.4 is 4.90 Å². The topological polar surface area (TPSA) is 91.9 Å². The second-order valence-electron chi connectivity index (χ2n) is 7.97.